The molecular weight excluding hydrogens is 236 g/mol. The summed E-state index contributed by atoms with van der Waals surface area (Å²) < 4.78 is 5.23. The first-order valence-electron chi connectivity index (χ1n) is 7.03. The molecule has 1 aromatic rings. The molecule has 0 amide bonds. The fourth-order valence-electron chi connectivity index (χ4n) is 2.74. The summed E-state index contributed by atoms with van der Waals surface area (Å²) in [5.41, 5.74) is 10.1. The lowest BCUT2D eigenvalue weighted by molar-refractivity contribution is 0.0975. The van der Waals surface area contributed by atoms with Gasteiger partial charge in [0, 0.05) is 32.3 Å². The minimum atomic E-state index is 0.261. The van der Waals surface area contributed by atoms with E-state index in [0.717, 1.165) is 13.2 Å². The Morgan fingerprint density at radius 1 is 1.21 bits per heavy atom. The van der Waals surface area contributed by atoms with Gasteiger partial charge in [0.1, 0.15) is 0 Å². The Bertz CT molecular complexity index is 370. The fraction of sp³-hybridized carbons (Fsp3) is 0.625. The van der Waals surface area contributed by atoms with Crippen LogP contribution in [-0.2, 0) is 4.74 Å². The van der Waals surface area contributed by atoms with Crippen LogP contribution in [0.15, 0.2) is 18.2 Å². The molecule has 1 rings (SSSR count). The first kappa shape index (κ1) is 16.2. The quantitative estimate of drug-likeness (QED) is 0.823. The lowest BCUT2D eigenvalue weighted by Gasteiger charge is -2.36. The third kappa shape index (κ3) is 4.03. The van der Waals surface area contributed by atoms with Crippen LogP contribution >= 0.6 is 0 Å². The summed E-state index contributed by atoms with van der Waals surface area (Å²) in [6, 6.07) is 7.15. The van der Waals surface area contributed by atoms with E-state index in [2.05, 4.69) is 50.8 Å². The third-order valence-corrected chi connectivity index (χ3v) is 3.72. The van der Waals surface area contributed by atoms with Gasteiger partial charge in [-0.2, -0.15) is 0 Å². The van der Waals surface area contributed by atoms with Crippen LogP contribution in [0.1, 0.15) is 36.6 Å². The van der Waals surface area contributed by atoms with Gasteiger partial charge in [0.05, 0.1) is 6.61 Å². The van der Waals surface area contributed by atoms with Gasteiger partial charge in [-0.3, -0.25) is 4.90 Å². The van der Waals surface area contributed by atoms with Crippen molar-refractivity contribution in [2.75, 3.05) is 26.8 Å². The van der Waals surface area contributed by atoms with E-state index in [4.69, 9.17) is 10.5 Å². The van der Waals surface area contributed by atoms with E-state index in [0.29, 0.717) is 12.6 Å². The van der Waals surface area contributed by atoms with Crippen LogP contribution in [0.3, 0.4) is 0 Å². The number of hydrogen-bond acceptors (Lipinski definition) is 3. The summed E-state index contributed by atoms with van der Waals surface area (Å²) >= 11 is 0. The normalized spacial score (nSPS) is 13.3. The van der Waals surface area contributed by atoms with Gasteiger partial charge < -0.3 is 10.5 Å². The van der Waals surface area contributed by atoms with Crippen molar-refractivity contribution in [2.24, 2.45) is 5.73 Å². The molecule has 0 aliphatic rings. The number of benzene rings is 1. The maximum Gasteiger partial charge on any atom is 0.0590 e. The van der Waals surface area contributed by atoms with Gasteiger partial charge in [-0.1, -0.05) is 18.2 Å². The zero-order chi connectivity index (χ0) is 14.4. The fourth-order valence-corrected chi connectivity index (χ4v) is 2.74. The minimum absolute atomic E-state index is 0.261. The molecule has 0 spiro atoms. The smallest absolute Gasteiger partial charge is 0.0590 e. The summed E-state index contributed by atoms with van der Waals surface area (Å²) in [5, 5.41) is 0. The second-order valence-corrected chi connectivity index (χ2v) is 5.38. The lowest BCUT2D eigenvalue weighted by Crippen LogP contribution is -2.41. The Labute approximate surface area is 117 Å². The van der Waals surface area contributed by atoms with Crippen molar-refractivity contribution in [3.8, 4) is 0 Å². The van der Waals surface area contributed by atoms with E-state index in [9.17, 15) is 0 Å². The van der Waals surface area contributed by atoms with E-state index in [1.165, 1.54) is 16.7 Å². The summed E-state index contributed by atoms with van der Waals surface area (Å²) in [4.78, 5) is 2.43. The van der Waals surface area contributed by atoms with Gasteiger partial charge in [0.2, 0.25) is 0 Å². The third-order valence-electron chi connectivity index (χ3n) is 3.72. The van der Waals surface area contributed by atoms with Gasteiger partial charge in [-0.05, 0) is 44.4 Å². The molecule has 0 radical (unpaired) electrons. The standard InChI is InChI=1S/C16H28N2O/c1-12(2)18(9-10-19-5)15(11-17)16-13(3)7-6-8-14(16)4/h6-8,12,15H,9-11,17H2,1-5H3. The largest absolute Gasteiger partial charge is 0.383 e. The van der Waals surface area contributed by atoms with Gasteiger partial charge in [-0.15, -0.1) is 0 Å². The first-order chi connectivity index (χ1) is 9.02. The van der Waals surface area contributed by atoms with E-state index < -0.39 is 0 Å². The Kier molecular flexibility index (Phi) is 6.49. The molecule has 1 aromatic carbocycles. The molecule has 1 atom stereocenters. The zero-order valence-electron chi connectivity index (χ0n) is 12.9. The molecule has 0 aliphatic heterocycles. The van der Waals surface area contributed by atoms with Crippen molar-refractivity contribution in [3.05, 3.63) is 34.9 Å². The number of aryl methyl sites for hydroxylation is 2. The van der Waals surface area contributed by atoms with Crippen LogP contribution in [0, 0.1) is 13.8 Å². The molecule has 0 bridgehead atoms. The average Bonchev–Trinajstić information content (AvgIpc) is 2.36. The molecule has 0 fully saturated rings. The van der Waals surface area contributed by atoms with Gasteiger partial charge >= 0.3 is 0 Å². The SMILES string of the molecule is COCCN(C(C)C)C(CN)c1c(C)cccc1C. The number of nitrogens with zero attached hydrogens (tertiary/aromatic N) is 1. The van der Waals surface area contributed by atoms with E-state index in [1.54, 1.807) is 7.11 Å². The average molecular weight is 264 g/mol. The molecule has 0 saturated carbocycles. The molecule has 0 aromatic heterocycles. The first-order valence-corrected chi connectivity index (χ1v) is 7.03. The predicted octanol–water partition coefficient (Wildman–Crippen LogP) is 2.66. The van der Waals surface area contributed by atoms with Crippen LogP contribution in [0.4, 0.5) is 0 Å². The molecule has 0 heterocycles. The summed E-state index contributed by atoms with van der Waals surface area (Å²) in [6.45, 7) is 11.0. The van der Waals surface area contributed by atoms with Crippen molar-refractivity contribution in [3.63, 3.8) is 0 Å². The molecule has 3 heteroatoms. The maximum atomic E-state index is 6.07. The molecule has 108 valence electrons. The molecule has 0 aliphatic carbocycles. The summed E-state index contributed by atoms with van der Waals surface area (Å²) in [5.74, 6) is 0. The van der Waals surface area contributed by atoms with Gasteiger partial charge in [0.15, 0.2) is 0 Å². The van der Waals surface area contributed by atoms with Crippen LogP contribution in [-0.4, -0.2) is 37.7 Å². The van der Waals surface area contributed by atoms with Crippen molar-refractivity contribution < 1.29 is 4.74 Å². The Balaban J connectivity index is 3.08. The van der Waals surface area contributed by atoms with Crippen molar-refractivity contribution in [1.82, 2.24) is 4.90 Å². The van der Waals surface area contributed by atoms with Crippen LogP contribution in [0.2, 0.25) is 0 Å². The zero-order valence-corrected chi connectivity index (χ0v) is 12.9. The highest BCUT2D eigenvalue weighted by atomic mass is 16.5. The number of nitrogens with two attached hydrogens (primary N) is 1. The Morgan fingerprint density at radius 2 is 1.79 bits per heavy atom. The van der Waals surface area contributed by atoms with Crippen molar-refractivity contribution >= 4 is 0 Å². The Hall–Kier alpha value is -0.900. The summed E-state index contributed by atoms with van der Waals surface area (Å²) in [7, 11) is 1.75. The minimum Gasteiger partial charge on any atom is -0.383 e. The molecule has 0 saturated heterocycles. The van der Waals surface area contributed by atoms with Crippen molar-refractivity contribution in [1.29, 1.82) is 0 Å². The molecular formula is C16H28N2O. The molecule has 19 heavy (non-hydrogen) atoms. The number of hydrogen-bond donors (Lipinski definition) is 1. The highest BCUT2D eigenvalue weighted by Crippen LogP contribution is 2.27. The highest BCUT2D eigenvalue weighted by molar-refractivity contribution is 5.36. The number of methoxy groups -OCH3 is 1. The van der Waals surface area contributed by atoms with E-state index in [-0.39, 0.29) is 6.04 Å². The topological polar surface area (TPSA) is 38.5 Å². The van der Waals surface area contributed by atoms with Crippen molar-refractivity contribution in [2.45, 2.75) is 39.8 Å². The lowest BCUT2D eigenvalue weighted by atomic mass is 9.94. The van der Waals surface area contributed by atoms with Gasteiger partial charge in [-0.25, -0.2) is 0 Å². The Morgan fingerprint density at radius 3 is 2.21 bits per heavy atom. The highest BCUT2D eigenvalue weighted by Gasteiger charge is 2.23. The molecule has 3 nitrogen and oxygen atoms in total. The summed E-state index contributed by atoms with van der Waals surface area (Å²) in [6.07, 6.45) is 0. The van der Waals surface area contributed by atoms with Crippen LogP contribution < -0.4 is 5.73 Å². The second-order valence-electron chi connectivity index (χ2n) is 5.38. The number of ether oxygens (including phenoxy) is 1. The van der Waals surface area contributed by atoms with Crippen LogP contribution in [0.5, 0.6) is 0 Å². The molecule has 1 unspecified atom stereocenters. The molecule has 2 N–H and O–H groups in total. The maximum absolute atomic E-state index is 6.07. The number of rotatable bonds is 7. The van der Waals surface area contributed by atoms with Crippen LogP contribution in [0.25, 0.3) is 0 Å². The van der Waals surface area contributed by atoms with E-state index >= 15 is 0 Å². The second kappa shape index (κ2) is 7.63. The monoisotopic (exact) mass is 264 g/mol. The van der Waals surface area contributed by atoms with Gasteiger partial charge in [0.25, 0.3) is 0 Å². The predicted molar refractivity (Wildman–Crippen MR) is 81.4 cm³/mol. The van der Waals surface area contributed by atoms with E-state index in [1.807, 2.05) is 0 Å².